The van der Waals surface area contributed by atoms with E-state index >= 15 is 0 Å². The minimum Gasteiger partial charge on any atom is -0.480 e. The third kappa shape index (κ3) is 3.30. The molecule has 1 aromatic heterocycles. The Kier molecular flexibility index (Phi) is 3.78. The predicted octanol–water partition coefficient (Wildman–Crippen LogP) is 1.04. The van der Waals surface area contributed by atoms with Crippen molar-refractivity contribution in [3.05, 3.63) is 18.2 Å². The number of carboxylic acid groups (broad SMARTS) is 1. The van der Waals surface area contributed by atoms with Crippen LogP contribution < -0.4 is 5.32 Å². The van der Waals surface area contributed by atoms with Crippen molar-refractivity contribution in [2.45, 2.75) is 51.2 Å². The number of carbonyl (C=O) groups is 1. The number of hydrogen-bond donors (Lipinski definition) is 2. The Morgan fingerprint density at radius 3 is 3.06 bits per heavy atom. The second-order valence-corrected chi connectivity index (χ2v) is 4.51. The molecule has 1 unspecified atom stereocenters. The highest BCUT2D eigenvalue weighted by atomic mass is 16.4. The summed E-state index contributed by atoms with van der Waals surface area (Å²) < 4.78 is 2.03. The first-order valence-electron chi connectivity index (χ1n) is 6.19. The predicted molar refractivity (Wildman–Crippen MR) is 63.8 cm³/mol. The van der Waals surface area contributed by atoms with Crippen LogP contribution in [0.25, 0.3) is 0 Å². The van der Waals surface area contributed by atoms with Gasteiger partial charge in [0.25, 0.3) is 0 Å². The average Bonchev–Trinajstić information content (AvgIpc) is 3.00. The molecule has 2 rings (SSSR count). The van der Waals surface area contributed by atoms with Crippen LogP contribution in [0.15, 0.2) is 12.4 Å². The van der Waals surface area contributed by atoms with E-state index in [1.807, 2.05) is 10.8 Å². The molecule has 1 aromatic rings. The number of aliphatic carboxylic acids is 1. The topological polar surface area (TPSA) is 67.2 Å². The molecule has 5 nitrogen and oxygen atoms in total. The summed E-state index contributed by atoms with van der Waals surface area (Å²) in [5.74, 6) is 0.260. The van der Waals surface area contributed by atoms with Crippen molar-refractivity contribution >= 4 is 5.97 Å². The smallest absolute Gasteiger partial charge is 0.320 e. The zero-order valence-electron chi connectivity index (χ0n) is 10.1. The summed E-state index contributed by atoms with van der Waals surface area (Å²) >= 11 is 0. The van der Waals surface area contributed by atoms with Gasteiger partial charge in [0.05, 0.1) is 0 Å². The standard InChI is InChI=1S/C12H19N3O2/c1-2-11-13-6-8-15(11)7-5-10(12(16)17)14-9-3-4-9/h6,8-10,14H,2-5,7H2,1H3,(H,16,17). The van der Waals surface area contributed by atoms with Crippen LogP contribution in [0.1, 0.15) is 32.0 Å². The summed E-state index contributed by atoms with van der Waals surface area (Å²) in [4.78, 5) is 15.3. The van der Waals surface area contributed by atoms with Gasteiger partial charge in [-0.1, -0.05) is 6.92 Å². The first kappa shape index (κ1) is 12.1. The summed E-state index contributed by atoms with van der Waals surface area (Å²) in [6.45, 7) is 2.76. The van der Waals surface area contributed by atoms with Gasteiger partial charge in [-0.15, -0.1) is 0 Å². The molecule has 0 bridgehead atoms. The Morgan fingerprint density at radius 2 is 2.47 bits per heavy atom. The molecule has 0 aromatic carbocycles. The molecular formula is C12H19N3O2. The van der Waals surface area contributed by atoms with Gasteiger partial charge in [-0.25, -0.2) is 4.98 Å². The van der Waals surface area contributed by atoms with Gasteiger partial charge in [-0.2, -0.15) is 0 Å². The Balaban J connectivity index is 1.87. The number of rotatable bonds is 7. The monoisotopic (exact) mass is 237 g/mol. The summed E-state index contributed by atoms with van der Waals surface area (Å²) in [6.07, 6.45) is 7.37. The third-order valence-corrected chi connectivity index (χ3v) is 3.09. The van der Waals surface area contributed by atoms with Crippen LogP contribution in [0.2, 0.25) is 0 Å². The summed E-state index contributed by atoms with van der Waals surface area (Å²) in [7, 11) is 0. The van der Waals surface area contributed by atoms with Crippen LogP contribution in [0, 0.1) is 0 Å². The molecule has 0 aliphatic heterocycles. The quantitative estimate of drug-likeness (QED) is 0.743. The lowest BCUT2D eigenvalue weighted by molar-refractivity contribution is -0.139. The van der Waals surface area contributed by atoms with Crippen LogP contribution in [0.3, 0.4) is 0 Å². The first-order valence-corrected chi connectivity index (χ1v) is 6.19. The normalized spacial score (nSPS) is 17.0. The number of nitrogens with one attached hydrogen (secondary N) is 1. The summed E-state index contributed by atoms with van der Waals surface area (Å²) in [5, 5.41) is 12.3. The highest BCUT2D eigenvalue weighted by Gasteiger charge is 2.27. The fourth-order valence-electron chi connectivity index (χ4n) is 1.94. The van der Waals surface area contributed by atoms with Crippen molar-refractivity contribution in [2.24, 2.45) is 0 Å². The van der Waals surface area contributed by atoms with Crippen molar-refractivity contribution in [1.29, 1.82) is 0 Å². The van der Waals surface area contributed by atoms with E-state index in [1.165, 1.54) is 0 Å². The van der Waals surface area contributed by atoms with Gasteiger partial charge in [-0.05, 0) is 19.3 Å². The van der Waals surface area contributed by atoms with Crippen LogP contribution >= 0.6 is 0 Å². The Labute approximate surface area is 101 Å². The summed E-state index contributed by atoms with van der Waals surface area (Å²) in [5.41, 5.74) is 0. The molecule has 2 N–H and O–H groups in total. The SMILES string of the molecule is CCc1nccn1CCC(NC1CC1)C(=O)O. The minimum absolute atomic E-state index is 0.421. The van der Waals surface area contributed by atoms with Crippen LogP contribution in [-0.4, -0.2) is 32.7 Å². The van der Waals surface area contributed by atoms with Crippen molar-refractivity contribution in [2.75, 3.05) is 0 Å². The lowest BCUT2D eigenvalue weighted by atomic mass is 10.2. The molecule has 0 amide bonds. The maximum atomic E-state index is 11.1. The zero-order valence-corrected chi connectivity index (χ0v) is 10.1. The largest absolute Gasteiger partial charge is 0.480 e. The molecule has 1 heterocycles. The fourth-order valence-corrected chi connectivity index (χ4v) is 1.94. The van der Waals surface area contributed by atoms with E-state index in [1.54, 1.807) is 6.20 Å². The molecule has 94 valence electrons. The minimum atomic E-state index is -0.755. The molecule has 17 heavy (non-hydrogen) atoms. The molecule has 0 radical (unpaired) electrons. The van der Waals surface area contributed by atoms with E-state index in [9.17, 15) is 4.79 Å². The molecule has 1 aliphatic rings. The maximum Gasteiger partial charge on any atom is 0.320 e. The van der Waals surface area contributed by atoms with E-state index in [-0.39, 0.29) is 0 Å². The molecule has 1 fully saturated rings. The summed E-state index contributed by atoms with van der Waals surface area (Å²) in [6, 6.07) is -0.0147. The molecule has 0 saturated heterocycles. The number of carboxylic acids is 1. The number of aromatic nitrogens is 2. The number of hydrogen-bond acceptors (Lipinski definition) is 3. The highest BCUT2D eigenvalue weighted by Crippen LogP contribution is 2.20. The van der Waals surface area contributed by atoms with Gasteiger partial charge in [0.2, 0.25) is 0 Å². The van der Waals surface area contributed by atoms with Gasteiger partial charge in [0.1, 0.15) is 11.9 Å². The highest BCUT2D eigenvalue weighted by molar-refractivity contribution is 5.73. The molecule has 1 atom stereocenters. The molecule has 5 heteroatoms. The first-order chi connectivity index (χ1) is 8.20. The molecule has 1 aliphatic carbocycles. The second-order valence-electron chi connectivity index (χ2n) is 4.51. The van der Waals surface area contributed by atoms with Gasteiger partial charge >= 0.3 is 5.97 Å². The molecule has 0 spiro atoms. The van der Waals surface area contributed by atoms with Gasteiger partial charge < -0.3 is 15.0 Å². The third-order valence-electron chi connectivity index (χ3n) is 3.09. The maximum absolute atomic E-state index is 11.1. The lowest BCUT2D eigenvalue weighted by Gasteiger charge is -2.15. The Hall–Kier alpha value is -1.36. The van der Waals surface area contributed by atoms with Crippen molar-refractivity contribution < 1.29 is 9.90 Å². The number of nitrogens with zero attached hydrogens (tertiary/aromatic N) is 2. The van der Waals surface area contributed by atoms with Crippen LogP contribution in [0.4, 0.5) is 0 Å². The zero-order chi connectivity index (χ0) is 12.3. The van der Waals surface area contributed by atoms with Gasteiger partial charge in [0.15, 0.2) is 0 Å². The van der Waals surface area contributed by atoms with Gasteiger partial charge in [0, 0.05) is 31.4 Å². The van der Waals surface area contributed by atoms with Crippen LogP contribution in [0.5, 0.6) is 0 Å². The van der Waals surface area contributed by atoms with Crippen molar-refractivity contribution in [3.63, 3.8) is 0 Å². The van der Waals surface area contributed by atoms with E-state index in [0.717, 1.165) is 25.1 Å². The van der Waals surface area contributed by atoms with Crippen molar-refractivity contribution in [1.82, 2.24) is 14.9 Å². The fraction of sp³-hybridized carbons (Fsp3) is 0.667. The molecule has 1 saturated carbocycles. The molecular weight excluding hydrogens is 218 g/mol. The van der Waals surface area contributed by atoms with Crippen molar-refractivity contribution in [3.8, 4) is 0 Å². The Morgan fingerprint density at radius 1 is 1.71 bits per heavy atom. The lowest BCUT2D eigenvalue weighted by Crippen LogP contribution is -2.38. The average molecular weight is 237 g/mol. The number of aryl methyl sites for hydroxylation is 2. The van der Waals surface area contributed by atoms with E-state index < -0.39 is 12.0 Å². The Bertz CT molecular complexity index is 385. The second kappa shape index (κ2) is 5.31. The van der Waals surface area contributed by atoms with Crippen LogP contribution in [-0.2, 0) is 17.8 Å². The number of imidazole rings is 1. The van der Waals surface area contributed by atoms with E-state index in [2.05, 4.69) is 17.2 Å². The van der Waals surface area contributed by atoms with Gasteiger partial charge in [-0.3, -0.25) is 4.79 Å². The van der Waals surface area contributed by atoms with E-state index in [0.29, 0.717) is 19.0 Å². The van der Waals surface area contributed by atoms with E-state index in [4.69, 9.17) is 5.11 Å².